The molecule has 306 valence electrons. The van der Waals surface area contributed by atoms with Gasteiger partial charge in [0.05, 0.1) is 25.4 Å². The number of ether oxygens (including phenoxy) is 2. The summed E-state index contributed by atoms with van der Waals surface area (Å²) < 4.78 is 11.1. The fraction of sp³-hybridized carbons (Fsp3) is 0.884. The number of carbonyl (C=O) groups is 1. The third-order valence-corrected chi connectivity index (χ3v) is 10.3. The van der Waals surface area contributed by atoms with Gasteiger partial charge >= 0.3 is 0 Å². The van der Waals surface area contributed by atoms with Gasteiger partial charge < -0.3 is 40.3 Å². The van der Waals surface area contributed by atoms with Crippen molar-refractivity contribution in [1.29, 1.82) is 0 Å². The average molecular weight is 740 g/mol. The average Bonchev–Trinajstić information content (AvgIpc) is 3.14. The van der Waals surface area contributed by atoms with Crippen molar-refractivity contribution in [1.82, 2.24) is 5.32 Å². The Balaban J connectivity index is 2.30. The minimum absolute atomic E-state index is 0.188. The summed E-state index contributed by atoms with van der Waals surface area (Å²) in [6.45, 7) is 3.70. The third kappa shape index (κ3) is 24.9. The summed E-state index contributed by atoms with van der Waals surface area (Å²) in [5.74, 6) is -0.188. The summed E-state index contributed by atoms with van der Waals surface area (Å²) in [5.41, 5.74) is 0. The lowest BCUT2D eigenvalue weighted by molar-refractivity contribution is -0.302. The molecule has 1 rings (SSSR count). The highest BCUT2D eigenvalue weighted by Gasteiger charge is 2.44. The molecule has 6 N–H and O–H groups in total. The van der Waals surface area contributed by atoms with E-state index in [1.165, 1.54) is 128 Å². The lowest BCUT2D eigenvalue weighted by Crippen LogP contribution is -2.60. The van der Waals surface area contributed by atoms with Gasteiger partial charge in [-0.2, -0.15) is 0 Å². The molecule has 0 aromatic heterocycles. The molecule has 0 aromatic carbocycles. The Labute approximate surface area is 318 Å². The van der Waals surface area contributed by atoms with Crippen molar-refractivity contribution in [2.75, 3.05) is 13.2 Å². The van der Waals surface area contributed by atoms with Gasteiger partial charge in [-0.25, -0.2) is 0 Å². The topological polar surface area (TPSA) is 149 Å². The van der Waals surface area contributed by atoms with Crippen LogP contribution in [0.25, 0.3) is 0 Å². The van der Waals surface area contributed by atoms with Gasteiger partial charge in [0, 0.05) is 6.42 Å². The molecule has 0 aliphatic carbocycles. The molecule has 1 amide bonds. The van der Waals surface area contributed by atoms with E-state index in [0.29, 0.717) is 6.42 Å². The highest BCUT2D eigenvalue weighted by Crippen LogP contribution is 2.22. The Hall–Kier alpha value is -1.33. The van der Waals surface area contributed by atoms with Gasteiger partial charge in [0.2, 0.25) is 5.91 Å². The molecule has 7 unspecified atom stereocenters. The molecule has 1 aliphatic rings. The number of hydrogen-bond acceptors (Lipinski definition) is 8. The third-order valence-electron chi connectivity index (χ3n) is 10.3. The van der Waals surface area contributed by atoms with Crippen LogP contribution in [0.2, 0.25) is 0 Å². The Kier molecular flexibility index (Phi) is 32.0. The van der Waals surface area contributed by atoms with Crippen molar-refractivity contribution >= 4 is 5.91 Å². The van der Waals surface area contributed by atoms with E-state index in [1.54, 1.807) is 6.08 Å². The van der Waals surface area contributed by atoms with E-state index in [-0.39, 0.29) is 12.5 Å². The zero-order valence-corrected chi connectivity index (χ0v) is 33.3. The van der Waals surface area contributed by atoms with Gasteiger partial charge in [0.15, 0.2) is 6.29 Å². The highest BCUT2D eigenvalue weighted by molar-refractivity contribution is 5.76. The first-order chi connectivity index (χ1) is 25.3. The zero-order valence-electron chi connectivity index (χ0n) is 33.3. The van der Waals surface area contributed by atoms with Crippen LogP contribution in [0.4, 0.5) is 0 Å². The molecule has 0 spiro atoms. The normalized spacial score (nSPS) is 22.0. The zero-order chi connectivity index (χ0) is 38.1. The summed E-state index contributed by atoms with van der Waals surface area (Å²) in [7, 11) is 0. The number of aliphatic hydroxyl groups excluding tert-OH is 5. The van der Waals surface area contributed by atoms with Crippen LogP contribution in [0.3, 0.4) is 0 Å². The van der Waals surface area contributed by atoms with Crippen molar-refractivity contribution in [3.05, 3.63) is 24.3 Å². The van der Waals surface area contributed by atoms with Crippen LogP contribution in [0.15, 0.2) is 24.3 Å². The molecule has 1 saturated heterocycles. The largest absolute Gasteiger partial charge is 0.394 e. The van der Waals surface area contributed by atoms with E-state index in [2.05, 4.69) is 31.3 Å². The molecule has 0 aromatic rings. The number of rotatable bonds is 35. The second kappa shape index (κ2) is 34.2. The molecule has 0 bridgehead atoms. The molecule has 0 radical (unpaired) electrons. The van der Waals surface area contributed by atoms with E-state index in [0.717, 1.165) is 38.5 Å². The summed E-state index contributed by atoms with van der Waals surface area (Å²) in [5, 5.41) is 53.9. The fourth-order valence-electron chi connectivity index (χ4n) is 6.76. The second-order valence-electron chi connectivity index (χ2n) is 15.1. The Morgan fingerprint density at radius 2 is 1.10 bits per heavy atom. The molecule has 9 nitrogen and oxygen atoms in total. The first kappa shape index (κ1) is 48.7. The maximum Gasteiger partial charge on any atom is 0.220 e. The quantitative estimate of drug-likeness (QED) is 0.0281. The number of carbonyl (C=O) groups excluding carboxylic acids is 1. The molecule has 7 atom stereocenters. The molecule has 1 aliphatic heterocycles. The van der Waals surface area contributed by atoms with Crippen LogP contribution < -0.4 is 5.32 Å². The number of unbranched alkanes of at least 4 members (excludes halogenated alkanes) is 23. The van der Waals surface area contributed by atoms with Gasteiger partial charge in [-0.3, -0.25) is 4.79 Å². The minimum atomic E-state index is -1.57. The molecule has 0 saturated carbocycles. The first-order valence-electron chi connectivity index (χ1n) is 21.6. The Bertz CT molecular complexity index is 868. The molecule has 1 fully saturated rings. The molecular formula is C43H81NO8. The van der Waals surface area contributed by atoms with E-state index in [1.807, 2.05) is 6.08 Å². The lowest BCUT2D eigenvalue weighted by Gasteiger charge is -2.40. The number of hydrogen-bond donors (Lipinski definition) is 6. The second-order valence-corrected chi connectivity index (χ2v) is 15.1. The summed E-state index contributed by atoms with van der Waals surface area (Å²) >= 11 is 0. The van der Waals surface area contributed by atoms with Crippen LogP contribution >= 0.6 is 0 Å². The smallest absolute Gasteiger partial charge is 0.220 e. The van der Waals surface area contributed by atoms with Crippen LogP contribution in [-0.4, -0.2) is 87.5 Å². The predicted molar refractivity (Wildman–Crippen MR) is 212 cm³/mol. The van der Waals surface area contributed by atoms with Gasteiger partial charge in [-0.15, -0.1) is 0 Å². The van der Waals surface area contributed by atoms with Gasteiger partial charge in [-0.1, -0.05) is 173 Å². The highest BCUT2D eigenvalue weighted by atomic mass is 16.7. The van der Waals surface area contributed by atoms with Gasteiger partial charge in [0.1, 0.15) is 24.4 Å². The van der Waals surface area contributed by atoms with Crippen LogP contribution in [0, 0.1) is 0 Å². The van der Waals surface area contributed by atoms with E-state index < -0.39 is 49.5 Å². The van der Waals surface area contributed by atoms with Crippen molar-refractivity contribution in [2.24, 2.45) is 0 Å². The Morgan fingerprint density at radius 1 is 0.635 bits per heavy atom. The number of amides is 1. The van der Waals surface area contributed by atoms with Crippen LogP contribution in [0.5, 0.6) is 0 Å². The van der Waals surface area contributed by atoms with Crippen LogP contribution in [0.1, 0.15) is 187 Å². The maximum absolute atomic E-state index is 12.9. The van der Waals surface area contributed by atoms with E-state index in [4.69, 9.17) is 9.47 Å². The SMILES string of the molecule is CCCCC/C=C/CC/C=C/C(O)C(COC1OC(CO)C(O)C(O)C1O)NC(=O)CCCCCCCCCCCCCCCCCCCCCC. The van der Waals surface area contributed by atoms with E-state index >= 15 is 0 Å². The minimum Gasteiger partial charge on any atom is -0.394 e. The summed E-state index contributed by atoms with van der Waals surface area (Å²) in [4.78, 5) is 12.9. The summed E-state index contributed by atoms with van der Waals surface area (Å²) in [6.07, 6.45) is 32.4. The number of allylic oxidation sites excluding steroid dienone is 3. The van der Waals surface area contributed by atoms with Crippen molar-refractivity contribution in [2.45, 2.75) is 230 Å². The van der Waals surface area contributed by atoms with Crippen molar-refractivity contribution in [3.63, 3.8) is 0 Å². The predicted octanol–water partition coefficient (Wildman–Crippen LogP) is 8.33. The standard InChI is InChI=1S/C43H81NO8/c1-3-5-7-9-11-13-14-15-16-17-18-19-20-21-22-23-25-27-29-31-33-39(47)44-36(37(46)32-30-28-26-24-12-10-8-6-4-2)35-51-43-42(50)41(49)40(48)38(34-45)52-43/h12,24,30,32,36-38,40-43,45-46,48-50H,3-11,13-23,25-29,31,33-35H2,1-2H3,(H,44,47)/b24-12+,32-30+. The molecular weight excluding hydrogens is 658 g/mol. The fourth-order valence-corrected chi connectivity index (χ4v) is 6.76. The van der Waals surface area contributed by atoms with Crippen molar-refractivity contribution < 1.29 is 39.8 Å². The number of nitrogens with one attached hydrogen (secondary N) is 1. The molecule has 9 heteroatoms. The molecule has 52 heavy (non-hydrogen) atoms. The monoisotopic (exact) mass is 740 g/mol. The maximum atomic E-state index is 12.9. The lowest BCUT2D eigenvalue weighted by atomic mass is 9.99. The molecule has 1 heterocycles. The van der Waals surface area contributed by atoms with Gasteiger partial charge in [0.25, 0.3) is 0 Å². The number of aliphatic hydroxyl groups is 5. The van der Waals surface area contributed by atoms with Crippen LogP contribution in [-0.2, 0) is 14.3 Å². The van der Waals surface area contributed by atoms with Gasteiger partial charge in [-0.05, 0) is 32.1 Å². The van der Waals surface area contributed by atoms with Crippen molar-refractivity contribution in [3.8, 4) is 0 Å². The van der Waals surface area contributed by atoms with E-state index in [9.17, 15) is 30.3 Å². The Morgan fingerprint density at radius 3 is 1.62 bits per heavy atom. The summed E-state index contributed by atoms with van der Waals surface area (Å²) in [6, 6.07) is -0.814. The first-order valence-corrected chi connectivity index (χ1v) is 21.6.